The van der Waals surface area contributed by atoms with E-state index >= 15 is 0 Å². The van der Waals surface area contributed by atoms with Crippen LogP contribution in [-0.4, -0.2) is 63.6 Å². The Balaban J connectivity index is 1.53. The van der Waals surface area contributed by atoms with Crippen LogP contribution >= 0.6 is 23.2 Å². The van der Waals surface area contributed by atoms with Crippen molar-refractivity contribution in [2.45, 2.75) is 57.5 Å². The van der Waals surface area contributed by atoms with Crippen LogP contribution in [0.1, 0.15) is 39.0 Å². The molecule has 4 unspecified atom stereocenters. The first-order chi connectivity index (χ1) is 20.0. The summed E-state index contributed by atoms with van der Waals surface area (Å²) >= 11 is 12.4. The van der Waals surface area contributed by atoms with Gasteiger partial charge in [0.05, 0.1) is 6.04 Å². The number of phenols is 1. The fraction of sp³-hybridized carbons (Fsp3) is 0.323. The molecule has 4 atom stereocenters. The van der Waals surface area contributed by atoms with Gasteiger partial charge in [0.1, 0.15) is 11.8 Å². The molecule has 4 rings (SSSR count). The van der Waals surface area contributed by atoms with E-state index in [-0.39, 0.29) is 37.2 Å². The summed E-state index contributed by atoms with van der Waals surface area (Å²) in [4.78, 5) is 41.5. The summed E-state index contributed by atoms with van der Waals surface area (Å²) in [7, 11) is 0. The molecule has 9 nitrogen and oxygen atoms in total. The topological polar surface area (TPSA) is 145 Å². The van der Waals surface area contributed by atoms with Gasteiger partial charge in [-0.05, 0) is 67.6 Å². The quantitative estimate of drug-likeness (QED) is 0.251. The minimum Gasteiger partial charge on any atom is -0.508 e. The van der Waals surface area contributed by atoms with Gasteiger partial charge in [0.25, 0.3) is 11.8 Å². The highest BCUT2D eigenvalue weighted by Gasteiger charge is 2.42. The van der Waals surface area contributed by atoms with Crippen molar-refractivity contribution < 1.29 is 24.6 Å². The molecule has 11 heteroatoms. The summed E-state index contributed by atoms with van der Waals surface area (Å²) in [5, 5.41) is 27.9. The second kappa shape index (κ2) is 13.6. The zero-order valence-corrected chi connectivity index (χ0v) is 24.8. The van der Waals surface area contributed by atoms with E-state index in [0.29, 0.717) is 21.2 Å². The number of likely N-dealkylation sites (tertiary alicyclic amines) is 1. The maximum absolute atomic E-state index is 13.7. The number of aryl methyl sites for hydroxylation is 1. The van der Waals surface area contributed by atoms with Crippen LogP contribution in [-0.2, 0) is 22.6 Å². The van der Waals surface area contributed by atoms with E-state index in [1.54, 1.807) is 31.2 Å². The minimum absolute atomic E-state index is 0.0473. The first-order valence-corrected chi connectivity index (χ1v) is 14.3. The Morgan fingerprint density at radius 1 is 1.07 bits per heavy atom. The molecule has 0 saturated carbocycles. The number of aliphatic hydroxyl groups excluding tert-OH is 1. The minimum atomic E-state index is -1.68. The summed E-state index contributed by atoms with van der Waals surface area (Å²) in [6.07, 6.45) is -1.33. The molecule has 1 fully saturated rings. The predicted octanol–water partition coefficient (Wildman–Crippen LogP) is 3.26. The van der Waals surface area contributed by atoms with Crippen molar-refractivity contribution in [3.8, 4) is 5.75 Å². The Kier molecular flexibility index (Phi) is 10.1. The number of carbonyl (C=O) groups excluding carboxylic acids is 3. The molecule has 1 saturated heterocycles. The largest absolute Gasteiger partial charge is 0.508 e. The summed E-state index contributed by atoms with van der Waals surface area (Å²) < 4.78 is 0. The van der Waals surface area contributed by atoms with Crippen LogP contribution in [0.3, 0.4) is 0 Å². The molecule has 3 aromatic rings. The Labute approximate surface area is 254 Å². The zero-order valence-electron chi connectivity index (χ0n) is 23.3. The number of hydrogen-bond acceptors (Lipinski definition) is 6. The van der Waals surface area contributed by atoms with Crippen molar-refractivity contribution in [2.75, 3.05) is 6.54 Å². The second-order valence-corrected chi connectivity index (χ2v) is 11.4. The van der Waals surface area contributed by atoms with Gasteiger partial charge in [0.2, 0.25) is 5.91 Å². The molecule has 3 amide bonds. The molecule has 0 aliphatic carbocycles. The van der Waals surface area contributed by atoms with Crippen molar-refractivity contribution in [3.63, 3.8) is 0 Å². The van der Waals surface area contributed by atoms with E-state index in [0.717, 1.165) is 11.1 Å². The molecule has 3 aromatic carbocycles. The van der Waals surface area contributed by atoms with Crippen molar-refractivity contribution in [2.24, 2.45) is 5.73 Å². The first kappa shape index (κ1) is 31.3. The molecule has 222 valence electrons. The highest BCUT2D eigenvalue weighted by atomic mass is 35.5. The molecule has 0 spiro atoms. The normalized spacial score (nSPS) is 17.9. The Morgan fingerprint density at radius 2 is 1.79 bits per heavy atom. The van der Waals surface area contributed by atoms with Crippen molar-refractivity contribution in [1.82, 2.24) is 15.5 Å². The predicted molar refractivity (Wildman–Crippen MR) is 161 cm³/mol. The molecule has 42 heavy (non-hydrogen) atoms. The summed E-state index contributed by atoms with van der Waals surface area (Å²) in [5.74, 6) is -1.77. The number of nitrogens with one attached hydrogen (secondary N) is 2. The van der Waals surface area contributed by atoms with Crippen LogP contribution in [0.2, 0.25) is 10.0 Å². The first-order valence-electron chi connectivity index (χ1n) is 13.6. The second-order valence-electron chi connectivity index (χ2n) is 10.6. The highest BCUT2D eigenvalue weighted by Crippen LogP contribution is 2.26. The summed E-state index contributed by atoms with van der Waals surface area (Å²) in [5.41, 5.74) is 9.03. The number of rotatable bonds is 9. The third-order valence-electron chi connectivity index (χ3n) is 7.54. The Morgan fingerprint density at radius 3 is 2.48 bits per heavy atom. The van der Waals surface area contributed by atoms with Crippen LogP contribution in [0.25, 0.3) is 0 Å². The Bertz CT molecular complexity index is 1450. The van der Waals surface area contributed by atoms with Gasteiger partial charge in [0.15, 0.2) is 6.10 Å². The number of phenolic OH excluding ortho intramolecular Hbond substituents is 1. The van der Waals surface area contributed by atoms with Gasteiger partial charge in [-0.3, -0.25) is 14.4 Å². The van der Waals surface area contributed by atoms with Crippen LogP contribution in [0.4, 0.5) is 0 Å². The van der Waals surface area contributed by atoms with Gasteiger partial charge in [-0.25, -0.2) is 0 Å². The lowest BCUT2D eigenvalue weighted by atomic mass is 9.98. The van der Waals surface area contributed by atoms with Gasteiger partial charge in [0, 0.05) is 40.3 Å². The lowest BCUT2D eigenvalue weighted by Gasteiger charge is -2.30. The smallest absolute Gasteiger partial charge is 0.254 e. The number of amides is 3. The number of aromatic hydroxyl groups is 1. The van der Waals surface area contributed by atoms with E-state index in [4.69, 9.17) is 28.9 Å². The van der Waals surface area contributed by atoms with Crippen molar-refractivity contribution in [1.29, 1.82) is 0 Å². The van der Waals surface area contributed by atoms with Crippen LogP contribution in [0, 0.1) is 13.8 Å². The molecule has 1 heterocycles. The fourth-order valence-electron chi connectivity index (χ4n) is 5.18. The molecular formula is C31H34Cl2N4O5. The van der Waals surface area contributed by atoms with Crippen molar-refractivity contribution >= 4 is 40.9 Å². The highest BCUT2D eigenvalue weighted by molar-refractivity contribution is 6.35. The average Bonchev–Trinajstić information content (AvgIpc) is 3.34. The maximum Gasteiger partial charge on any atom is 0.254 e. The summed E-state index contributed by atoms with van der Waals surface area (Å²) in [6.45, 7) is 3.61. The molecular weight excluding hydrogens is 579 g/mol. The molecule has 1 aliphatic rings. The SMILES string of the molecule is Cc1cc(Cl)cc(Cl)c1CNC(=O)C1CC(N)CN1C(=O)C(O)C(Cc1ccccc1)NC(=O)c1cccc(O)c1C. The average molecular weight is 614 g/mol. The monoisotopic (exact) mass is 612 g/mol. The maximum atomic E-state index is 13.7. The molecule has 6 N–H and O–H groups in total. The number of nitrogens with two attached hydrogens (primary N) is 1. The third kappa shape index (κ3) is 7.22. The lowest BCUT2D eigenvalue weighted by molar-refractivity contribution is -0.146. The number of benzene rings is 3. The third-order valence-corrected chi connectivity index (χ3v) is 8.10. The van der Waals surface area contributed by atoms with E-state index < -0.39 is 42.0 Å². The van der Waals surface area contributed by atoms with Crippen LogP contribution in [0.5, 0.6) is 5.75 Å². The lowest BCUT2D eigenvalue weighted by Crippen LogP contribution is -2.56. The standard InChI is InChI=1S/C31H34Cl2N4O5/c1-17-11-20(32)13-24(33)23(17)15-35-30(41)26-14-21(34)16-37(26)31(42)28(39)25(12-19-7-4-3-5-8-19)36-29(40)22-9-6-10-27(38)18(22)2/h3-11,13,21,25-26,28,38-39H,12,14-16,34H2,1-2H3,(H,35,41)(H,36,40). The molecule has 0 bridgehead atoms. The fourth-order valence-corrected chi connectivity index (χ4v) is 5.84. The van der Waals surface area contributed by atoms with E-state index in [1.165, 1.54) is 11.0 Å². The van der Waals surface area contributed by atoms with Crippen LogP contribution < -0.4 is 16.4 Å². The molecule has 0 radical (unpaired) electrons. The van der Waals surface area contributed by atoms with Crippen molar-refractivity contribution in [3.05, 3.63) is 98.5 Å². The van der Waals surface area contributed by atoms with E-state index in [1.807, 2.05) is 37.3 Å². The number of aliphatic hydroxyl groups is 1. The van der Waals surface area contributed by atoms with E-state index in [9.17, 15) is 24.6 Å². The Hall–Kier alpha value is -3.63. The van der Waals surface area contributed by atoms with Gasteiger partial charge in [-0.1, -0.05) is 59.6 Å². The van der Waals surface area contributed by atoms with Gasteiger partial charge in [-0.15, -0.1) is 0 Å². The van der Waals surface area contributed by atoms with Gasteiger partial charge >= 0.3 is 0 Å². The van der Waals surface area contributed by atoms with Gasteiger partial charge < -0.3 is 31.5 Å². The zero-order chi connectivity index (χ0) is 30.6. The van der Waals surface area contributed by atoms with Crippen LogP contribution in [0.15, 0.2) is 60.7 Å². The number of carbonyl (C=O) groups is 3. The number of nitrogens with zero attached hydrogens (tertiary/aromatic N) is 1. The number of halogens is 2. The number of hydrogen-bond donors (Lipinski definition) is 5. The molecule has 0 aromatic heterocycles. The van der Waals surface area contributed by atoms with Gasteiger partial charge in [-0.2, -0.15) is 0 Å². The summed E-state index contributed by atoms with van der Waals surface area (Å²) in [6, 6.07) is 14.6. The van der Waals surface area contributed by atoms with E-state index in [2.05, 4.69) is 10.6 Å². The molecule has 1 aliphatic heterocycles.